The topological polar surface area (TPSA) is 48.4 Å². The molecule has 0 spiro atoms. The van der Waals surface area contributed by atoms with Crippen LogP contribution < -0.4 is 5.73 Å². The molecule has 2 heterocycles. The van der Waals surface area contributed by atoms with E-state index < -0.39 is 0 Å². The summed E-state index contributed by atoms with van der Waals surface area (Å²) in [5.74, 6) is 1.13. The van der Waals surface area contributed by atoms with E-state index in [4.69, 9.17) is 26.5 Å². The summed E-state index contributed by atoms with van der Waals surface area (Å²) in [6.07, 6.45) is 2.16. The molecule has 96 valence electrons. The molecule has 0 bridgehead atoms. The van der Waals surface area contributed by atoms with Crippen molar-refractivity contribution in [3.8, 4) is 0 Å². The van der Waals surface area contributed by atoms with Crippen molar-refractivity contribution in [3.63, 3.8) is 0 Å². The van der Waals surface area contributed by atoms with Crippen molar-refractivity contribution in [3.05, 3.63) is 35.0 Å². The first kappa shape index (κ1) is 12.0. The maximum absolute atomic E-state index is 6.27. The van der Waals surface area contributed by atoms with E-state index in [-0.39, 0.29) is 6.04 Å². The fraction of sp³-hybridized carbons (Fsp3) is 0.429. The minimum Gasteiger partial charge on any atom is -0.458 e. The largest absolute Gasteiger partial charge is 0.458 e. The molecule has 1 aliphatic heterocycles. The molecular formula is C14H16ClNO2. The van der Waals surface area contributed by atoms with Crippen molar-refractivity contribution < 1.29 is 9.15 Å². The summed E-state index contributed by atoms with van der Waals surface area (Å²) in [5, 5.41) is 1.63. The summed E-state index contributed by atoms with van der Waals surface area (Å²) in [4.78, 5) is 0. The molecule has 4 heteroatoms. The zero-order valence-electron chi connectivity index (χ0n) is 10.1. The van der Waals surface area contributed by atoms with Crippen LogP contribution >= 0.6 is 11.6 Å². The van der Waals surface area contributed by atoms with Crippen LogP contribution in [0.3, 0.4) is 0 Å². The number of benzene rings is 1. The Balaban J connectivity index is 1.91. The molecule has 18 heavy (non-hydrogen) atoms. The summed E-state index contributed by atoms with van der Waals surface area (Å²) >= 11 is 6.10. The molecule has 1 aliphatic rings. The third-order valence-electron chi connectivity index (χ3n) is 3.55. The van der Waals surface area contributed by atoms with Crippen LogP contribution in [-0.2, 0) is 4.74 Å². The first-order valence-electron chi connectivity index (χ1n) is 6.27. The molecule has 3 nitrogen and oxygen atoms in total. The predicted octanol–water partition coefficient (Wildman–Crippen LogP) is 3.51. The fourth-order valence-electron chi connectivity index (χ4n) is 2.49. The minimum atomic E-state index is -0.117. The molecule has 1 aromatic heterocycles. The van der Waals surface area contributed by atoms with Gasteiger partial charge in [0, 0.05) is 17.9 Å². The molecule has 2 aromatic rings. The van der Waals surface area contributed by atoms with Gasteiger partial charge in [0.25, 0.3) is 0 Å². The monoisotopic (exact) mass is 265 g/mol. The lowest BCUT2D eigenvalue weighted by Crippen LogP contribution is -2.28. The van der Waals surface area contributed by atoms with Gasteiger partial charge in [0.05, 0.1) is 17.7 Å². The van der Waals surface area contributed by atoms with Crippen LogP contribution in [0.1, 0.15) is 24.6 Å². The molecule has 1 saturated heterocycles. The average Bonchev–Trinajstić information content (AvgIpc) is 2.84. The minimum absolute atomic E-state index is 0.117. The van der Waals surface area contributed by atoms with Gasteiger partial charge in [-0.1, -0.05) is 23.7 Å². The number of hydrogen-bond acceptors (Lipinski definition) is 3. The van der Waals surface area contributed by atoms with E-state index in [9.17, 15) is 0 Å². The SMILES string of the molecule is NC(c1cc2cccc(Cl)c2o1)C1CCCOC1. The molecule has 2 unspecified atom stereocenters. The zero-order valence-corrected chi connectivity index (χ0v) is 10.8. The summed E-state index contributed by atoms with van der Waals surface area (Å²) in [5.41, 5.74) is 6.99. The van der Waals surface area contributed by atoms with E-state index in [1.54, 1.807) is 0 Å². The van der Waals surface area contributed by atoms with Crippen LogP contribution in [0.15, 0.2) is 28.7 Å². The molecule has 0 saturated carbocycles. The van der Waals surface area contributed by atoms with Gasteiger partial charge in [-0.25, -0.2) is 0 Å². The second-order valence-electron chi connectivity index (χ2n) is 4.81. The molecule has 2 N–H and O–H groups in total. The lowest BCUT2D eigenvalue weighted by molar-refractivity contribution is 0.0421. The van der Waals surface area contributed by atoms with Gasteiger partial charge in [0.1, 0.15) is 5.76 Å². The predicted molar refractivity (Wildman–Crippen MR) is 71.7 cm³/mol. The number of halogens is 1. The standard InChI is InChI=1S/C14H16ClNO2/c15-11-5-1-3-9-7-12(18-14(9)11)13(16)10-4-2-6-17-8-10/h1,3,5,7,10,13H,2,4,6,8,16H2. The van der Waals surface area contributed by atoms with Crippen molar-refractivity contribution >= 4 is 22.6 Å². The first-order valence-corrected chi connectivity index (χ1v) is 6.65. The number of rotatable bonds is 2. The number of para-hydroxylation sites is 1. The highest BCUT2D eigenvalue weighted by atomic mass is 35.5. The van der Waals surface area contributed by atoms with E-state index in [2.05, 4.69) is 0 Å². The molecule has 1 aromatic carbocycles. The van der Waals surface area contributed by atoms with E-state index in [0.29, 0.717) is 17.5 Å². The number of nitrogens with two attached hydrogens (primary N) is 1. The smallest absolute Gasteiger partial charge is 0.152 e. The van der Waals surface area contributed by atoms with Crippen molar-refractivity contribution in [1.82, 2.24) is 0 Å². The van der Waals surface area contributed by atoms with E-state index in [0.717, 1.165) is 36.2 Å². The highest BCUT2D eigenvalue weighted by molar-refractivity contribution is 6.34. The van der Waals surface area contributed by atoms with Gasteiger partial charge in [-0.2, -0.15) is 0 Å². The molecule has 2 atom stereocenters. The van der Waals surface area contributed by atoms with Crippen molar-refractivity contribution in [2.45, 2.75) is 18.9 Å². The van der Waals surface area contributed by atoms with Crippen LogP contribution in [0, 0.1) is 5.92 Å². The Morgan fingerprint density at radius 1 is 1.39 bits per heavy atom. The van der Waals surface area contributed by atoms with Crippen molar-refractivity contribution in [2.24, 2.45) is 11.7 Å². The third kappa shape index (κ3) is 2.14. The van der Waals surface area contributed by atoms with E-state index in [1.165, 1.54) is 0 Å². The highest BCUT2D eigenvalue weighted by Gasteiger charge is 2.25. The van der Waals surface area contributed by atoms with Gasteiger partial charge in [-0.3, -0.25) is 0 Å². The number of fused-ring (bicyclic) bond motifs is 1. The van der Waals surface area contributed by atoms with E-state index in [1.807, 2.05) is 24.3 Å². The fourth-order valence-corrected chi connectivity index (χ4v) is 2.71. The average molecular weight is 266 g/mol. The third-order valence-corrected chi connectivity index (χ3v) is 3.84. The maximum atomic E-state index is 6.27. The molecular weight excluding hydrogens is 250 g/mol. The summed E-state index contributed by atoms with van der Waals surface area (Å²) in [6, 6.07) is 7.60. The summed E-state index contributed by atoms with van der Waals surface area (Å²) in [6.45, 7) is 1.56. The second kappa shape index (κ2) is 4.92. The highest BCUT2D eigenvalue weighted by Crippen LogP contribution is 2.33. The number of ether oxygens (including phenoxy) is 1. The van der Waals surface area contributed by atoms with Gasteiger partial charge in [-0.05, 0) is 25.0 Å². The zero-order chi connectivity index (χ0) is 12.5. The van der Waals surface area contributed by atoms with Gasteiger partial charge in [0.15, 0.2) is 5.58 Å². The Hall–Kier alpha value is -1.03. The number of furan rings is 1. The Kier molecular flexibility index (Phi) is 3.29. The van der Waals surface area contributed by atoms with Gasteiger partial charge >= 0.3 is 0 Å². The normalized spacial score (nSPS) is 22.2. The Bertz CT molecular complexity index is 546. The molecule has 0 radical (unpaired) electrons. The molecule has 0 amide bonds. The van der Waals surface area contributed by atoms with Crippen LogP contribution in [0.25, 0.3) is 11.0 Å². The summed E-state index contributed by atoms with van der Waals surface area (Å²) < 4.78 is 11.3. The van der Waals surface area contributed by atoms with Crippen LogP contribution in [0.2, 0.25) is 5.02 Å². The van der Waals surface area contributed by atoms with Crippen LogP contribution in [0.4, 0.5) is 0 Å². The van der Waals surface area contributed by atoms with Gasteiger partial charge in [0.2, 0.25) is 0 Å². The van der Waals surface area contributed by atoms with E-state index >= 15 is 0 Å². The quantitative estimate of drug-likeness (QED) is 0.904. The van der Waals surface area contributed by atoms with Crippen LogP contribution in [-0.4, -0.2) is 13.2 Å². The summed E-state index contributed by atoms with van der Waals surface area (Å²) in [7, 11) is 0. The van der Waals surface area contributed by atoms with Gasteiger partial charge < -0.3 is 14.9 Å². The van der Waals surface area contributed by atoms with Gasteiger partial charge in [-0.15, -0.1) is 0 Å². The lowest BCUT2D eigenvalue weighted by atomic mass is 9.93. The molecule has 1 fully saturated rings. The Morgan fingerprint density at radius 2 is 2.28 bits per heavy atom. The Labute approximate surface area is 111 Å². The van der Waals surface area contributed by atoms with Crippen molar-refractivity contribution in [2.75, 3.05) is 13.2 Å². The lowest BCUT2D eigenvalue weighted by Gasteiger charge is -2.26. The Morgan fingerprint density at radius 3 is 3.00 bits per heavy atom. The second-order valence-corrected chi connectivity index (χ2v) is 5.22. The molecule has 0 aliphatic carbocycles. The van der Waals surface area contributed by atoms with Crippen molar-refractivity contribution in [1.29, 1.82) is 0 Å². The number of hydrogen-bond donors (Lipinski definition) is 1. The van der Waals surface area contributed by atoms with Crippen LogP contribution in [0.5, 0.6) is 0 Å². The first-order chi connectivity index (χ1) is 8.75. The maximum Gasteiger partial charge on any atom is 0.152 e. The molecule has 3 rings (SSSR count).